The summed E-state index contributed by atoms with van der Waals surface area (Å²) in [7, 11) is 0. The van der Waals surface area contributed by atoms with Gasteiger partial charge in [-0.2, -0.15) is 0 Å². The molecule has 0 aromatic heterocycles. The van der Waals surface area contributed by atoms with Gasteiger partial charge in [0.05, 0.1) is 6.61 Å². The SMILES string of the molecule is C=C[C@](C)(/C=C/c1ccc(OCCCCNCCN(CCN)CCN)cc1)CCC=C(C)C. The van der Waals surface area contributed by atoms with Crippen molar-refractivity contribution >= 4 is 6.08 Å². The van der Waals surface area contributed by atoms with E-state index in [2.05, 4.69) is 80.1 Å². The highest BCUT2D eigenvalue weighted by Gasteiger charge is 2.15. The van der Waals surface area contributed by atoms with Crippen LogP contribution >= 0.6 is 0 Å². The third-order valence-corrected chi connectivity index (χ3v) is 5.75. The predicted molar refractivity (Wildman–Crippen MR) is 145 cm³/mol. The summed E-state index contributed by atoms with van der Waals surface area (Å²) < 4.78 is 5.90. The number of benzene rings is 1. The zero-order chi connectivity index (χ0) is 24.4. The Labute approximate surface area is 202 Å². The molecular formula is C28H48N4O. The highest BCUT2D eigenvalue weighted by molar-refractivity contribution is 5.52. The zero-order valence-corrected chi connectivity index (χ0v) is 21.3. The van der Waals surface area contributed by atoms with Gasteiger partial charge in [-0.1, -0.05) is 48.9 Å². The largest absolute Gasteiger partial charge is 0.494 e. The number of rotatable bonds is 19. The standard InChI is InChI=1S/C28H48N4O/c1-5-28(4,15-8-9-25(2)3)16-14-26-10-12-27(13-11-26)33-24-7-6-19-31-20-23-32(21-17-29)22-18-30/h5,9-14,16,31H,1,6-8,15,17-24,29-30H2,2-4H3/b16-14+/t28-/m0/s1. The van der Waals surface area contributed by atoms with Gasteiger partial charge in [0, 0.05) is 44.7 Å². The lowest BCUT2D eigenvalue weighted by molar-refractivity contribution is 0.284. The Morgan fingerprint density at radius 1 is 1.06 bits per heavy atom. The number of nitrogens with zero attached hydrogens (tertiary/aromatic N) is 1. The Kier molecular flexibility index (Phi) is 15.5. The Bertz CT molecular complexity index is 688. The number of allylic oxidation sites excluding steroid dienone is 4. The maximum atomic E-state index is 5.90. The van der Waals surface area contributed by atoms with E-state index in [0.717, 1.165) is 70.8 Å². The summed E-state index contributed by atoms with van der Waals surface area (Å²) in [4.78, 5) is 2.30. The predicted octanol–water partition coefficient (Wildman–Crippen LogP) is 4.61. The lowest BCUT2D eigenvalue weighted by atomic mass is 9.84. The molecule has 5 N–H and O–H groups in total. The Balaban J connectivity index is 2.27. The van der Waals surface area contributed by atoms with Gasteiger partial charge in [-0.15, -0.1) is 6.58 Å². The maximum Gasteiger partial charge on any atom is 0.119 e. The van der Waals surface area contributed by atoms with Gasteiger partial charge in [-0.3, -0.25) is 4.90 Å². The highest BCUT2D eigenvalue weighted by atomic mass is 16.5. The fourth-order valence-corrected chi connectivity index (χ4v) is 3.49. The van der Waals surface area contributed by atoms with Crippen molar-refractivity contribution in [2.24, 2.45) is 16.9 Å². The first-order chi connectivity index (χ1) is 15.9. The molecule has 33 heavy (non-hydrogen) atoms. The fourth-order valence-electron chi connectivity index (χ4n) is 3.49. The number of ether oxygens (including phenoxy) is 1. The number of unbranched alkanes of at least 4 members (excludes halogenated alkanes) is 1. The van der Waals surface area contributed by atoms with Crippen LogP contribution in [-0.4, -0.2) is 57.3 Å². The maximum absolute atomic E-state index is 5.90. The highest BCUT2D eigenvalue weighted by Crippen LogP contribution is 2.28. The Morgan fingerprint density at radius 2 is 1.76 bits per heavy atom. The molecule has 1 aromatic rings. The second-order valence-corrected chi connectivity index (χ2v) is 9.16. The number of hydrogen-bond donors (Lipinski definition) is 3. The van der Waals surface area contributed by atoms with Crippen LogP contribution in [0.25, 0.3) is 6.08 Å². The molecule has 0 radical (unpaired) electrons. The second-order valence-electron chi connectivity index (χ2n) is 9.16. The van der Waals surface area contributed by atoms with Crippen molar-refractivity contribution in [1.29, 1.82) is 0 Å². The molecule has 1 atom stereocenters. The lowest BCUT2D eigenvalue weighted by Crippen LogP contribution is -2.38. The average Bonchev–Trinajstić information content (AvgIpc) is 2.80. The van der Waals surface area contributed by atoms with Gasteiger partial charge in [0.2, 0.25) is 0 Å². The molecule has 1 aromatic carbocycles. The molecular weight excluding hydrogens is 408 g/mol. The van der Waals surface area contributed by atoms with E-state index in [1.807, 2.05) is 6.08 Å². The van der Waals surface area contributed by atoms with Crippen molar-refractivity contribution < 1.29 is 4.74 Å². The van der Waals surface area contributed by atoms with Crippen LogP contribution in [0.15, 0.2) is 54.6 Å². The normalized spacial score (nSPS) is 13.3. The van der Waals surface area contributed by atoms with E-state index < -0.39 is 0 Å². The van der Waals surface area contributed by atoms with E-state index in [9.17, 15) is 0 Å². The van der Waals surface area contributed by atoms with Gasteiger partial charge in [-0.25, -0.2) is 0 Å². The molecule has 0 aliphatic rings. The lowest BCUT2D eigenvalue weighted by Gasteiger charge is -2.20. The second kappa shape index (κ2) is 17.5. The molecule has 0 aliphatic heterocycles. The minimum absolute atomic E-state index is 0.00226. The van der Waals surface area contributed by atoms with E-state index in [1.165, 1.54) is 11.1 Å². The van der Waals surface area contributed by atoms with Crippen molar-refractivity contribution in [2.45, 2.75) is 46.5 Å². The summed E-state index contributed by atoms with van der Waals surface area (Å²) in [6.07, 6.45) is 13.0. The number of hydrogen-bond acceptors (Lipinski definition) is 5. The van der Waals surface area contributed by atoms with Crippen LogP contribution in [0.1, 0.15) is 52.0 Å². The zero-order valence-electron chi connectivity index (χ0n) is 21.3. The van der Waals surface area contributed by atoms with Crippen LogP contribution < -0.4 is 21.5 Å². The first-order valence-corrected chi connectivity index (χ1v) is 12.4. The van der Waals surface area contributed by atoms with Gasteiger partial charge in [0.25, 0.3) is 0 Å². The third-order valence-electron chi connectivity index (χ3n) is 5.75. The molecule has 0 saturated heterocycles. The van der Waals surface area contributed by atoms with E-state index >= 15 is 0 Å². The molecule has 0 saturated carbocycles. The van der Waals surface area contributed by atoms with Crippen molar-refractivity contribution in [3.63, 3.8) is 0 Å². The van der Waals surface area contributed by atoms with E-state index in [-0.39, 0.29) is 5.41 Å². The van der Waals surface area contributed by atoms with Gasteiger partial charge >= 0.3 is 0 Å². The van der Waals surface area contributed by atoms with Crippen molar-refractivity contribution in [3.05, 3.63) is 60.2 Å². The van der Waals surface area contributed by atoms with Crippen molar-refractivity contribution in [1.82, 2.24) is 10.2 Å². The molecule has 0 fully saturated rings. The van der Waals surface area contributed by atoms with Gasteiger partial charge in [0.15, 0.2) is 0 Å². The molecule has 0 spiro atoms. The average molecular weight is 457 g/mol. The van der Waals surface area contributed by atoms with Crippen molar-refractivity contribution in [2.75, 3.05) is 52.4 Å². The van der Waals surface area contributed by atoms with Gasteiger partial charge in [0.1, 0.15) is 5.75 Å². The monoisotopic (exact) mass is 456 g/mol. The minimum atomic E-state index is 0.00226. The fraction of sp³-hybridized carbons (Fsp3) is 0.571. The molecule has 5 nitrogen and oxygen atoms in total. The van der Waals surface area contributed by atoms with Crippen LogP contribution in [0.2, 0.25) is 0 Å². The minimum Gasteiger partial charge on any atom is -0.494 e. The molecule has 0 amide bonds. The third kappa shape index (κ3) is 14.1. The van der Waals surface area contributed by atoms with Crippen LogP contribution in [0.4, 0.5) is 0 Å². The molecule has 0 bridgehead atoms. The summed E-state index contributed by atoms with van der Waals surface area (Å²) in [6.45, 7) is 17.4. The Hall–Kier alpha value is -1.92. The molecule has 186 valence electrons. The van der Waals surface area contributed by atoms with E-state index in [0.29, 0.717) is 13.1 Å². The molecule has 5 heteroatoms. The number of nitrogens with one attached hydrogen (secondary N) is 1. The molecule has 0 aliphatic carbocycles. The first-order valence-electron chi connectivity index (χ1n) is 12.4. The van der Waals surface area contributed by atoms with Crippen LogP contribution in [-0.2, 0) is 0 Å². The van der Waals surface area contributed by atoms with Crippen LogP contribution in [0.5, 0.6) is 5.75 Å². The van der Waals surface area contributed by atoms with Crippen LogP contribution in [0.3, 0.4) is 0 Å². The molecule has 0 unspecified atom stereocenters. The summed E-state index contributed by atoms with van der Waals surface area (Å²) in [5, 5.41) is 3.49. The summed E-state index contributed by atoms with van der Waals surface area (Å²) in [5.41, 5.74) is 13.8. The molecule has 1 rings (SSSR count). The Morgan fingerprint density at radius 3 is 2.36 bits per heavy atom. The van der Waals surface area contributed by atoms with E-state index in [1.54, 1.807) is 0 Å². The first kappa shape index (κ1) is 29.1. The summed E-state index contributed by atoms with van der Waals surface area (Å²) in [6, 6.07) is 8.33. The summed E-state index contributed by atoms with van der Waals surface area (Å²) in [5.74, 6) is 0.925. The topological polar surface area (TPSA) is 76.5 Å². The molecule has 0 heterocycles. The van der Waals surface area contributed by atoms with E-state index in [4.69, 9.17) is 16.2 Å². The van der Waals surface area contributed by atoms with Gasteiger partial charge in [-0.05, 0) is 63.8 Å². The number of nitrogens with two attached hydrogens (primary N) is 2. The smallest absolute Gasteiger partial charge is 0.119 e. The van der Waals surface area contributed by atoms with Crippen LogP contribution in [0, 0.1) is 5.41 Å². The quantitative estimate of drug-likeness (QED) is 0.209. The van der Waals surface area contributed by atoms with Gasteiger partial charge < -0.3 is 21.5 Å². The summed E-state index contributed by atoms with van der Waals surface area (Å²) >= 11 is 0. The van der Waals surface area contributed by atoms with Crippen molar-refractivity contribution in [3.8, 4) is 5.75 Å².